The zero-order valence-electron chi connectivity index (χ0n) is 19.3. The third-order valence-electron chi connectivity index (χ3n) is 9.21. The van der Waals surface area contributed by atoms with Gasteiger partial charge in [0.2, 0.25) is 11.8 Å². The fraction of sp³-hybridized carbons (Fsp3) is 0.880. The lowest BCUT2D eigenvalue weighted by atomic mass is 9.67. The molecular formula is C25H40N2O3. The number of fused-ring (bicyclic) bond motifs is 4. The van der Waals surface area contributed by atoms with E-state index in [-0.39, 0.29) is 41.3 Å². The highest BCUT2D eigenvalue weighted by molar-refractivity contribution is 5.95. The number of hydrogen-bond donors (Lipinski definition) is 0. The molecule has 30 heavy (non-hydrogen) atoms. The van der Waals surface area contributed by atoms with Crippen molar-refractivity contribution in [1.29, 1.82) is 0 Å². The highest BCUT2D eigenvalue weighted by Crippen LogP contribution is 2.59. The van der Waals surface area contributed by atoms with Gasteiger partial charge in [0, 0.05) is 38.0 Å². The van der Waals surface area contributed by atoms with Crippen LogP contribution in [0.25, 0.3) is 0 Å². The molecule has 4 fully saturated rings. The number of rotatable bonds is 8. The maximum Gasteiger partial charge on any atom is 0.226 e. The van der Waals surface area contributed by atoms with E-state index >= 15 is 0 Å². The van der Waals surface area contributed by atoms with Crippen LogP contribution in [0.2, 0.25) is 0 Å². The molecule has 4 aliphatic rings. The lowest BCUT2D eigenvalue weighted by molar-refractivity contribution is -0.149. The van der Waals surface area contributed by atoms with E-state index in [4.69, 9.17) is 0 Å². The van der Waals surface area contributed by atoms with Gasteiger partial charge in [0.25, 0.3) is 0 Å². The molecule has 4 aliphatic carbocycles. The molecule has 4 bridgehead atoms. The lowest BCUT2D eigenvalue weighted by Crippen LogP contribution is -2.49. The van der Waals surface area contributed by atoms with E-state index in [9.17, 15) is 14.4 Å². The molecule has 0 heterocycles. The van der Waals surface area contributed by atoms with E-state index in [2.05, 4.69) is 0 Å². The molecule has 8 atom stereocenters. The Hall–Kier alpha value is -1.39. The van der Waals surface area contributed by atoms with Gasteiger partial charge in [-0.3, -0.25) is 14.4 Å². The molecular weight excluding hydrogens is 376 g/mol. The Morgan fingerprint density at radius 1 is 0.567 bits per heavy atom. The molecule has 4 saturated carbocycles. The summed E-state index contributed by atoms with van der Waals surface area (Å²) in [5.74, 6) is 1.55. The van der Waals surface area contributed by atoms with E-state index in [0.29, 0.717) is 49.9 Å². The van der Waals surface area contributed by atoms with Crippen molar-refractivity contribution in [1.82, 2.24) is 9.80 Å². The Labute approximate surface area is 181 Å². The highest BCUT2D eigenvalue weighted by Gasteiger charge is 2.60. The first-order chi connectivity index (χ1) is 14.5. The van der Waals surface area contributed by atoms with Gasteiger partial charge < -0.3 is 9.80 Å². The monoisotopic (exact) mass is 416 g/mol. The van der Waals surface area contributed by atoms with Crippen LogP contribution >= 0.6 is 0 Å². The summed E-state index contributed by atoms with van der Waals surface area (Å²) >= 11 is 0. The van der Waals surface area contributed by atoms with E-state index in [1.807, 2.05) is 37.5 Å². The van der Waals surface area contributed by atoms with Crippen LogP contribution in [0, 0.1) is 47.3 Å². The molecule has 5 nitrogen and oxygen atoms in total. The van der Waals surface area contributed by atoms with Crippen LogP contribution in [0.3, 0.4) is 0 Å². The molecule has 0 saturated heterocycles. The fourth-order valence-electron chi connectivity index (χ4n) is 7.83. The smallest absolute Gasteiger partial charge is 0.226 e. The molecule has 0 aromatic heterocycles. The molecule has 0 N–H and O–H groups in total. The van der Waals surface area contributed by atoms with Gasteiger partial charge in [0.05, 0.1) is 11.8 Å². The van der Waals surface area contributed by atoms with Crippen molar-refractivity contribution in [3.8, 4) is 0 Å². The van der Waals surface area contributed by atoms with Crippen molar-refractivity contribution in [2.45, 2.75) is 66.2 Å². The van der Waals surface area contributed by atoms with Crippen LogP contribution in [-0.2, 0) is 14.4 Å². The average molecular weight is 417 g/mol. The average Bonchev–Trinajstić information content (AvgIpc) is 3.54. The molecule has 168 valence electrons. The normalized spacial score (nSPS) is 38.8. The van der Waals surface area contributed by atoms with Gasteiger partial charge in [-0.15, -0.1) is 0 Å². The Morgan fingerprint density at radius 2 is 0.867 bits per heavy atom. The lowest BCUT2D eigenvalue weighted by Gasteiger charge is -2.38. The van der Waals surface area contributed by atoms with Crippen molar-refractivity contribution in [3.63, 3.8) is 0 Å². The van der Waals surface area contributed by atoms with Crippen LogP contribution in [0.4, 0.5) is 0 Å². The standard InChI is InChI=1S/C25H40N2O3/c1-5-26(6-2)24(29)21-17-11-9-15(13-17)19(21)23(28)20-16-10-12-18(14-16)22(20)25(30)27(7-3)8-4/h15-22H,5-14H2,1-4H3. The molecule has 0 aromatic carbocycles. The summed E-state index contributed by atoms with van der Waals surface area (Å²) in [5.41, 5.74) is 0. The summed E-state index contributed by atoms with van der Waals surface area (Å²) in [4.78, 5) is 44.8. The first-order valence-corrected chi connectivity index (χ1v) is 12.6. The summed E-state index contributed by atoms with van der Waals surface area (Å²) in [6.07, 6.45) is 6.40. The van der Waals surface area contributed by atoms with Crippen molar-refractivity contribution in [3.05, 3.63) is 0 Å². The van der Waals surface area contributed by atoms with Crippen molar-refractivity contribution in [2.75, 3.05) is 26.2 Å². The second-order valence-electron chi connectivity index (χ2n) is 10.2. The third kappa shape index (κ3) is 3.31. The minimum absolute atomic E-state index is 0.139. The van der Waals surface area contributed by atoms with Crippen LogP contribution in [-0.4, -0.2) is 53.6 Å². The van der Waals surface area contributed by atoms with E-state index in [1.165, 1.54) is 0 Å². The summed E-state index contributed by atoms with van der Waals surface area (Å²) in [7, 11) is 0. The largest absolute Gasteiger partial charge is 0.343 e. The Bertz CT molecular complexity index is 628. The maximum absolute atomic E-state index is 14.1. The van der Waals surface area contributed by atoms with Gasteiger partial charge in [-0.1, -0.05) is 0 Å². The minimum atomic E-state index is -0.145. The zero-order chi connectivity index (χ0) is 21.6. The third-order valence-corrected chi connectivity index (χ3v) is 9.21. The second-order valence-corrected chi connectivity index (χ2v) is 10.2. The molecule has 0 aromatic rings. The minimum Gasteiger partial charge on any atom is -0.343 e. The summed E-state index contributed by atoms with van der Waals surface area (Å²) in [6, 6.07) is 0. The van der Waals surface area contributed by atoms with Gasteiger partial charge in [-0.2, -0.15) is 0 Å². The quantitative estimate of drug-likeness (QED) is 0.607. The first-order valence-electron chi connectivity index (χ1n) is 12.6. The number of Topliss-reactive ketones (excluding diaryl/α,β-unsaturated/α-hetero) is 1. The first kappa shape index (κ1) is 21.8. The van der Waals surface area contributed by atoms with Crippen LogP contribution in [0.5, 0.6) is 0 Å². The summed E-state index contributed by atoms with van der Waals surface area (Å²) in [5, 5.41) is 0. The number of hydrogen-bond acceptors (Lipinski definition) is 3. The number of ketones is 1. The number of carbonyl (C=O) groups excluding carboxylic acids is 3. The maximum atomic E-state index is 14.1. The molecule has 8 unspecified atom stereocenters. The van der Waals surface area contributed by atoms with Gasteiger partial charge in [-0.05, 0) is 89.9 Å². The zero-order valence-corrected chi connectivity index (χ0v) is 19.3. The van der Waals surface area contributed by atoms with Gasteiger partial charge in [0.1, 0.15) is 5.78 Å². The number of nitrogens with zero attached hydrogens (tertiary/aromatic N) is 2. The van der Waals surface area contributed by atoms with Gasteiger partial charge in [0.15, 0.2) is 0 Å². The van der Waals surface area contributed by atoms with Crippen molar-refractivity contribution < 1.29 is 14.4 Å². The van der Waals surface area contributed by atoms with Crippen molar-refractivity contribution in [2.24, 2.45) is 47.3 Å². The molecule has 2 amide bonds. The predicted octanol–water partition coefficient (Wildman–Crippen LogP) is 3.62. The molecule has 4 rings (SSSR count). The topological polar surface area (TPSA) is 57.7 Å². The summed E-state index contributed by atoms with van der Waals surface area (Å²) < 4.78 is 0. The molecule has 5 heteroatoms. The fourth-order valence-corrected chi connectivity index (χ4v) is 7.83. The Kier molecular flexibility index (Phi) is 6.28. The molecule has 0 radical (unpaired) electrons. The number of carbonyl (C=O) groups is 3. The predicted molar refractivity (Wildman–Crippen MR) is 116 cm³/mol. The van der Waals surface area contributed by atoms with Crippen LogP contribution in [0.15, 0.2) is 0 Å². The van der Waals surface area contributed by atoms with Gasteiger partial charge in [-0.25, -0.2) is 0 Å². The van der Waals surface area contributed by atoms with E-state index in [1.54, 1.807) is 0 Å². The summed E-state index contributed by atoms with van der Waals surface area (Å²) in [6.45, 7) is 11.0. The second kappa shape index (κ2) is 8.63. The molecule has 0 spiro atoms. The Morgan fingerprint density at radius 3 is 1.17 bits per heavy atom. The Balaban J connectivity index is 1.61. The van der Waals surface area contributed by atoms with Crippen molar-refractivity contribution >= 4 is 17.6 Å². The van der Waals surface area contributed by atoms with Crippen LogP contribution in [0.1, 0.15) is 66.2 Å². The SMILES string of the molecule is CCN(CC)C(=O)C1C2CCC(C2)C1C(=O)C1C2CCC(C2)C1C(=O)N(CC)CC. The molecule has 0 aliphatic heterocycles. The van der Waals surface area contributed by atoms with Crippen LogP contribution < -0.4 is 0 Å². The van der Waals surface area contributed by atoms with Gasteiger partial charge >= 0.3 is 0 Å². The van der Waals surface area contributed by atoms with E-state index in [0.717, 1.165) is 38.5 Å². The number of amides is 2. The highest BCUT2D eigenvalue weighted by atomic mass is 16.2. The van der Waals surface area contributed by atoms with E-state index < -0.39 is 0 Å².